The minimum Gasteiger partial charge on any atom is -0.309 e. The first-order valence-corrected chi connectivity index (χ1v) is 14.7. The molecule has 2 aliphatic rings. The lowest BCUT2D eigenvalue weighted by Gasteiger charge is -2.53. The monoisotopic (exact) mass is 523 g/mol. The second-order valence-electron chi connectivity index (χ2n) is 12.2. The van der Waals surface area contributed by atoms with Crippen molar-refractivity contribution >= 4 is 6.29 Å². The quantitative estimate of drug-likeness (QED) is 0.376. The van der Waals surface area contributed by atoms with Crippen LogP contribution in [0.3, 0.4) is 0 Å². The third kappa shape index (κ3) is 5.48. The van der Waals surface area contributed by atoms with Gasteiger partial charge in [0.15, 0.2) is 0 Å². The second-order valence-corrected chi connectivity index (χ2v) is 12.2. The van der Waals surface area contributed by atoms with Crippen LogP contribution in [0.4, 0.5) is 0 Å². The Morgan fingerprint density at radius 3 is 1.85 bits per heavy atom. The Bertz CT molecular complexity index is 1190. The largest absolute Gasteiger partial charge is 0.309 e. The first-order chi connectivity index (χ1) is 18.9. The van der Waals surface area contributed by atoms with Crippen LogP contribution < -0.4 is 5.32 Å². The number of piperazine rings is 1. The Morgan fingerprint density at radius 2 is 1.33 bits per heavy atom. The van der Waals surface area contributed by atoms with E-state index in [-0.39, 0.29) is 5.41 Å². The molecule has 3 aromatic carbocycles. The normalized spacial score (nSPS) is 22.5. The molecule has 0 radical (unpaired) electrons. The van der Waals surface area contributed by atoms with Gasteiger partial charge < -0.3 is 10.1 Å². The third-order valence-corrected chi connectivity index (χ3v) is 9.37. The van der Waals surface area contributed by atoms with E-state index in [1.165, 1.54) is 27.8 Å². The summed E-state index contributed by atoms with van der Waals surface area (Å²) in [4.78, 5) is 17.8. The highest BCUT2D eigenvalue weighted by Gasteiger charge is 2.47. The van der Waals surface area contributed by atoms with Crippen LogP contribution in [0.2, 0.25) is 0 Å². The highest BCUT2D eigenvalue weighted by Crippen LogP contribution is 2.46. The third-order valence-electron chi connectivity index (χ3n) is 9.37. The highest BCUT2D eigenvalue weighted by atomic mass is 16.1. The summed E-state index contributed by atoms with van der Waals surface area (Å²) in [5.74, 6) is 0. The van der Waals surface area contributed by atoms with Gasteiger partial charge in [0.1, 0.15) is 6.29 Å². The molecule has 2 atom stereocenters. The zero-order valence-corrected chi connectivity index (χ0v) is 24.2. The van der Waals surface area contributed by atoms with E-state index in [1.807, 2.05) is 0 Å². The number of carbonyl (C=O) groups is 1. The van der Waals surface area contributed by atoms with Crippen LogP contribution >= 0.6 is 0 Å². The summed E-state index contributed by atoms with van der Waals surface area (Å²) in [5, 5.41) is 3.70. The van der Waals surface area contributed by atoms with Gasteiger partial charge in [-0.05, 0) is 68.4 Å². The van der Waals surface area contributed by atoms with Crippen molar-refractivity contribution in [1.82, 2.24) is 15.1 Å². The topological polar surface area (TPSA) is 35.6 Å². The molecule has 2 fully saturated rings. The molecule has 2 aliphatic heterocycles. The van der Waals surface area contributed by atoms with E-state index in [1.54, 1.807) is 0 Å². The van der Waals surface area contributed by atoms with Crippen LogP contribution in [0.5, 0.6) is 0 Å². The van der Waals surface area contributed by atoms with E-state index in [9.17, 15) is 4.79 Å². The lowest BCUT2D eigenvalue weighted by Crippen LogP contribution is -2.60. The molecule has 2 unspecified atom stereocenters. The van der Waals surface area contributed by atoms with E-state index in [4.69, 9.17) is 0 Å². The highest BCUT2D eigenvalue weighted by molar-refractivity contribution is 5.59. The minimum absolute atomic E-state index is 0.0962. The number of hydrogen-bond donors (Lipinski definition) is 1. The van der Waals surface area contributed by atoms with Crippen molar-refractivity contribution in [3.8, 4) is 0 Å². The average Bonchev–Trinajstić information content (AvgIpc) is 2.93. The molecule has 2 heterocycles. The first kappa shape index (κ1) is 27.8. The fraction of sp³-hybridized carbons (Fsp3) is 0.457. The van der Waals surface area contributed by atoms with Gasteiger partial charge in [-0.1, -0.05) is 78.9 Å². The Kier molecular flexibility index (Phi) is 8.37. The molecule has 4 nitrogen and oxygen atoms in total. The molecule has 0 amide bonds. The number of aryl methyl sites for hydroxylation is 2. The van der Waals surface area contributed by atoms with Gasteiger partial charge in [-0.2, -0.15) is 0 Å². The van der Waals surface area contributed by atoms with E-state index in [2.05, 4.69) is 122 Å². The van der Waals surface area contributed by atoms with Gasteiger partial charge in [-0.15, -0.1) is 0 Å². The van der Waals surface area contributed by atoms with E-state index in [0.29, 0.717) is 18.5 Å². The molecular formula is C35H45N3O. The van der Waals surface area contributed by atoms with Crippen LogP contribution in [-0.2, 0) is 15.7 Å². The smallest absolute Gasteiger partial charge is 0.122 e. The molecule has 206 valence electrons. The Balaban J connectivity index is 1.54. The summed E-state index contributed by atoms with van der Waals surface area (Å²) in [7, 11) is 0. The molecule has 0 bridgehead atoms. The average molecular weight is 524 g/mol. The summed E-state index contributed by atoms with van der Waals surface area (Å²) in [6.45, 7) is 14.1. The summed E-state index contributed by atoms with van der Waals surface area (Å²) in [6, 6.07) is 29.6. The number of hydrogen-bond acceptors (Lipinski definition) is 4. The molecule has 39 heavy (non-hydrogen) atoms. The van der Waals surface area contributed by atoms with Gasteiger partial charge in [-0.25, -0.2) is 0 Å². The van der Waals surface area contributed by atoms with Gasteiger partial charge in [0, 0.05) is 56.6 Å². The number of nitrogens with one attached hydrogen (secondary N) is 1. The standard InChI is InChI=1S/C35H45N3O/c1-27-12-8-10-16-32(27)35(20-23-39,33-17-11-9-13-28(33)2)38-21-18-34(19-22-38,31-14-6-5-7-15-31)26-37-24-29(3)36-30(4)25-37/h5-17,23,29-30,36H,18-22,24-26H2,1-4H3. The molecule has 0 spiro atoms. The summed E-state index contributed by atoms with van der Waals surface area (Å²) >= 11 is 0. The maximum Gasteiger partial charge on any atom is 0.122 e. The number of likely N-dealkylation sites (tertiary alicyclic amines) is 1. The lowest BCUT2D eigenvalue weighted by atomic mass is 9.69. The molecule has 0 saturated carbocycles. The van der Waals surface area contributed by atoms with Crippen molar-refractivity contribution in [3.05, 3.63) is 107 Å². The summed E-state index contributed by atoms with van der Waals surface area (Å²) < 4.78 is 0. The van der Waals surface area contributed by atoms with Crippen molar-refractivity contribution in [2.24, 2.45) is 0 Å². The van der Waals surface area contributed by atoms with Crippen LogP contribution in [0.1, 0.15) is 60.9 Å². The van der Waals surface area contributed by atoms with Gasteiger partial charge in [-0.3, -0.25) is 9.80 Å². The molecule has 4 heteroatoms. The van der Waals surface area contributed by atoms with Gasteiger partial charge >= 0.3 is 0 Å². The molecule has 0 aromatic heterocycles. The van der Waals surface area contributed by atoms with Gasteiger partial charge in [0.25, 0.3) is 0 Å². The first-order valence-electron chi connectivity index (χ1n) is 14.7. The zero-order chi connectivity index (χ0) is 27.5. The Hall–Kier alpha value is -2.79. The van der Waals surface area contributed by atoms with Crippen molar-refractivity contribution in [3.63, 3.8) is 0 Å². The van der Waals surface area contributed by atoms with Crippen LogP contribution in [0.25, 0.3) is 0 Å². The fourth-order valence-corrected chi connectivity index (χ4v) is 7.67. The van der Waals surface area contributed by atoms with Crippen molar-refractivity contribution < 1.29 is 4.79 Å². The number of aldehydes is 1. The van der Waals surface area contributed by atoms with E-state index < -0.39 is 5.54 Å². The summed E-state index contributed by atoms with van der Waals surface area (Å²) in [6.07, 6.45) is 3.74. The minimum atomic E-state index is -0.473. The predicted molar refractivity (Wildman–Crippen MR) is 161 cm³/mol. The SMILES string of the molecule is Cc1ccccc1C(CC=O)(c1ccccc1C)N1CCC(CN2CC(C)NC(C)C2)(c2ccccc2)CC1. The number of nitrogens with zero attached hydrogens (tertiary/aromatic N) is 2. The molecule has 5 rings (SSSR count). The van der Waals surface area contributed by atoms with E-state index >= 15 is 0 Å². The maximum absolute atomic E-state index is 12.5. The molecular weight excluding hydrogens is 478 g/mol. The van der Waals surface area contributed by atoms with Gasteiger partial charge in [0.2, 0.25) is 0 Å². The van der Waals surface area contributed by atoms with Crippen molar-refractivity contribution in [2.45, 2.75) is 70.0 Å². The Labute approximate surface area is 235 Å². The number of benzene rings is 3. The van der Waals surface area contributed by atoms with Crippen LogP contribution in [-0.4, -0.2) is 60.9 Å². The van der Waals surface area contributed by atoms with Crippen LogP contribution in [0.15, 0.2) is 78.9 Å². The zero-order valence-electron chi connectivity index (χ0n) is 24.2. The van der Waals surface area contributed by atoms with Crippen molar-refractivity contribution in [2.75, 3.05) is 32.7 Å². The van der Waals surface area contributed by atoms with E-state index in [0.717, 1.165) is 51.9 Å². The summed E-state index contributed by atoms with van der Waals surface area (Å²) in [5.41, 5.74) is 6.07. The lowest BCUT2D eigenvalue weighted by molar-refractivity contribution is -0.110. The maximum atomic E-state index is 12.5. The van der Waals surface area contributed by atoms with Crippen molar-refractivity contribution in [1.29, 1.82) is 0 Å². The fourth-order valence-electron chi connectivity index (χ4n) is 7.67. The molecule has 3 aromatic rings. The number of piperidine rings is 1. The second kappa shape index (κ2) is 11.8. The number of rotatable bonds is 8. The number of carbonyl (C=O) groups excluding carboxylic acids is 1. The molecule has 0 aliphatic carbocycles. The predicted octanol–water partition coefficient (Wildman–Crippen LogP) is 5.85. The Morgan fingerprint density at radius 1 is 0.821 bits per heavy atom. The molecule has 2 saturated heterocycles. The van der Waals surface area contributed by atoms with Crippen LogP contribution in [0, 0.1) is 13.8 Å². The van der Waals surface area contributed by atoms with Gasteiger partial charge in [0.05, 0.1) is 5.54 Å². The molecule has 1 N–H and O–H groups in total.